The number of aromatic nitrogens is 1. The summed E-state index contributed by atoms with van der Waals surface area (Å²) in [7, 11) is 2.82. The van der Waals surface area contributed by atoms with Crippen LogP contribution in [0, 0.1) is 5.82 Å². The summed E-state index contributed by atoms with van der Waals surface area (Å²) in [4.78, 5) is 26.9. The molecule has 1 aromatic carbocycles. The first-order valence-corrected chi connectivity index (χ1v) is 6.22. The van der Waals surface area contributed by atoms with Crippen LogP contribution in [0.25, 0.3) is 10.9 Å². The lowest BCUT2D eigenvalue weighted by molar-refractivity contribution is -0.141. The zero-order chi connectivity index (χ0) is 15.7. The van der Waals surface area contributed by atoms with E-state index in [0.29, 0.717) is 11.1 Å². The van der Waals surface area contributed by atoms with Gasteiger partial charge in [0.15, 0.2) is 0 Å². The predicted octanol–water partition coefficient (Wildman–Crippen LogP) is 1.86. The summed E-state index contributed by atoms with van der Waals surface area (Å²) >= 11 is 0. The summed E-state index contributed by atoms with van der Waals surface area (Å²) in [5.41, 5.74) is 0.248. The molecule has 0 aliphatic heterocycles. The van der Waals surface area contributed by atoms with Crippen molar-refractivity contribution in [2.24, 2.45) is 0 Å². The first kappa shape index (κ1) is 14.8. The van der Waals surface area contributed by atoms with Gasteiger partial charge in [-0.15, -0.1) is 0 Å². The molecule has 7 heteroatoms. The number of likely N-dealkylation sites (N-methyl/N-ethyl adjacent to an activating group) is 1. The first-order valence-electron chi connectivity index (χ1n) is 6.22. The van der Waals surface area contributed by atoms with Crippen LogP contribution in [0.1, 0.15) is 17.4 Å². The number of benzene rings is 1. The summed E-state index contributed by atoms with van der Waals surface area (Å²) in [5, 5.41) is 9.36. The van der Waals surface area contributed by atoms with Crippen LogP contribution in [0.4, 0.5) is 4.39 Å². The summed E-state index contributed by atoms with van der Waals surface area (Å²) in [5.74, 6) is -1.75. The van der Waals surface area contributed by atoms with Crippen LogP contribution in [0.5, 0.6) is 5.75 Å². The number of methoxy groups -OCH3 is 1. The zero-order valence-electron chi connectivity index (χ0n) is 11.8. The monoisotopic (exact) mass is 294 g/mol. The second-order valence-corrected chi connectivity index (χ2v) is 4.65. The molecule has 2 N–H and O–H groups in total. The summed E-state index contributed by atoms with van der Waals surface area (Å²) in [6.07, 6.45) is 0. The van der Waals surface area contributed by atoms with Crippen molar-refractivity contribution >= 4 is 22.8 Å². The number of amides is 1. The minimum absolute atomic E-state index is 0.101. The average molecular weight is 294 g/mol. The molecule has 1 atom stereocenters. The Morgan fingerprint density at radius 2 is 2.10 bits per heavy atom. The molecule has 2 rings (SSSR count). The maximum absolute atomic E-state index is 13.8. The fourth-order valence-electron chi connectivity index (χ4n) is 1.98. The Hall–Kier alpha value is -2.57. The molecule has 0 radical (unpaired) electrons. The smallest absolute Gasteiger partial charge is 0.326 e. The molecule has 0 aliphatic rings. The van der Waals surface area contributed by atoms with E-state index in [9.17, 15) is 14.0 Å². The SMILES string of the molecule is COc1ccc(F)c2[nH]c(C(=O)N(C)C(C)C(=O)O)cc12. The van der Waals surface area contributed by atoms with E-state index in [1.165, 1.54) is 39.3 Å². The third kappa shape index (κ3) is 2.54. The van der Waals surface area contributed by atoms with E-state index >= 15 is 0 Å². The van der Waals surface area contributed by atoms with Gasteiger partial charge in [-0.1, -0.05) is 0 Å². The number of H-pyrrole nitrogens is 1. The number of carbonyl (C=O) groups excluding carboxylic acids is 1. The molecule has 112 valence electrons. The number of aromatic amines is 1. The van der Waals surface area contributed by atoms with E-state index < -0.39 is 23.7 Å². The van der Waals surface area contributed by atoms with Gasteiger partial charge in [0.2, 0.25) is 0 Å². The van der Waals surface area contributed by atoms with Crippen molar-refractivity contribution in [1.29, 1.82) is 0 Å². The van der Waals surface area contributed by atoms with Gasteiger partial charge in [-0.2, -0.15) is 0 Å². The van der Waals surface area contributed by atoms with Gasteiger partial charge in [-0.3, -0.25) is 4.79 Å². The standard InChI is InChI=1S/C14H15FN2O4/c1-7(14(19)20)17(2)13(18)10-6-8-11(21-3)5-4-9(15)12(8)16-10/h4-7,16H,1-3H3,(H,19,20). The number of aliphatic carboxylic acids is 1. The fraction of sp³-hybridized carbons (Fsp3) is 0.286. The number of ether oxygens (including phenoxy) is 1. The van der Waals surface area contributed by atoms with Gasteiger partial charge in [0.25, 0.3) is 5.91 Å². The van der Waals surface area contributed by atoms with Crippen LogP contribution in [0.2, 0.25) is 0 Å². The molecule has 1 unspecified atom stereocenters. The molecule has 0 saturated heterocycles. The van der Waals surface area contributed by atoms with Crippen molar-refractivity contribution < 1.29 is 23.8 Å². The Morgan fingerprint density at radius 1 is 1.43 bits per heavy atom. The summed E-state index contributed by atoms with van der Waals surface area (Å²) in [6, 6.07) is 3.15. The first-order chi connectivity index (χ1) is 9.86. The van der Waals surface area contributed by atoms with Crippen molar-refractivity contribution in [1.82, 2.24) is 9.88 Å². The lowest BCUT2D eigenvalue weighted by atomic mass is 10.2. The average Bonchev–Trinajstić information content (AvgIpc) is 2.91. The van der Waals surface area contributed by atoms with Gasteiger partial charge in [-0.25, -0.2) is 9.18 Å². The van der Waals surface area contributed by atoms with E-state index in [1.54, 1.807) is 0 Å². The number of rotatable bonds is 4. The Labute approximate surface area is 120 Å². The number of halogens is 1. The third-order valence-electron chi connectivity index (χ3n) is 3.41. The number of nitrogens with one attached hydrogen (secondary N) is 1. The van der Waals surface area contributed by atoms with E-state index in [2.05, 4.69) is 4.98 Å². The number of nitrogens with zero attached hydrogens (tertiary/aromatic N) is 1. The van der Waals surface area contributed by atoms with Crippen LogP contribution in [-0.4, -0.2) is 47.1 Å². The molecule has 0 fully saturated rings. The molecule has 0 spiro atoms. The second kappa shape index (κ2) is 5.43. The van der Waals surface area contributed by atoms with Crippen LogP contribution < -0.4 is 4.74 Å². The molecule has 0 bridgehead atoms. The van der Waals surface area contributed by atoms with E-state index in [4.69, 9.17) is 9.84 Å². The Morgan fingerprint density at radius 3 is 2.67 bits per heavy atom. The highest BCUT2D eigenvalue weighted by atomic mass is 19.1. The Balaban J connectivity index is 2.46. The summed E-state index contributed by atoms with van der Waals surface area (Å²) in [6.45, 7) is 1.39. The Kier molecular flexibility index (Phi) is 3.84. The summed E-state index contributed by atoms with van der Waals surface area (Å²) < 4.78 is 18.9. The highest BCUT2D eigenvalue weighted by Crippen LogP contribution is 2.28. The highest BCUT2D eigenvalue weighted by Gasteiger charge is 2.24. The van der Waals surface area contributed by atoms with Gasteiger partial charge in [0.1, 0.15) is 23.3 Å². The fourth-order valence-corrected chi connectivity index (χ4v) is 1.98. The number of carboxylic acids is 1. The molecule has 1 aromatic heterocycles. The molecule has 2 aromatic rings. The van der Waals surface area contributed by atoms with Crippen LogP contribution in [0.3, 0.4) is 0 Å². The number of carbonyl (C=O) groups is 2. The van der Waals surface area contributed by atoms with Crippen LogP contribution >= 0.6 is 0 Å². The van der Waals surface area contributed by atoms with Crippen molar-refractivity contribution in [2.45, 2.75) is 13.0 Å². The van der Waals surface area contributed by atoms with E-state index in [-0.39, 0.29) is 11.2 Å². The number of carboxylic acid groups (broad SMARTS) is 1. The minimum atomic E-state index is -1.12. The molecular formula is C14H15FN2O4. The maximum Gasteiger partial charge on any atom is 0.326 e. The molecule has 1 heterocycles. The molecule has 1 amide bonds. The molecule has 6 nitrogen and oxygen atoms in total. The Bertz CT molecular complexity index is 710. The van der Waals surface area contributed by atoms with Crippen molar-refractivity contribution in [3.8, 4) is 5.75 Å². The lowest BCUT2D eigenvalue weighted by Gasteiger charge is -2.20. The maximum atomic E-state index is 13.8. The van der Waals surface area contributed by atoms with Gasteiger partial charge in [0, 0.05) is 12.4 Å². The van der Waals surface area contributed by atoms with E-state index in [0.717, 1.165) is 4.90 Å². The quantitative estimate of drug-likeness (QED) is 0.901. The molecule has 0 saturated carbocycles. The number of hydrogen-bond donors (Lipinski definition) is 2. The normalized spacial score (nSPS) is 12.2. The van der Waals surface area contributed by atoms with E-state index in [1.807, 2.05) is 0 Å². The van der Waals surface area contributed by atoms with Gasteiger partial charge < -0.3 is 19.7 Å². The zero-order valence-corrected chi connectivity index (χ0v) is 11.8. The predicted molar refractivity (Wildman–Crippen MR) is 74.0 cm³/mol. The largest absolute Gasteiger partial charge is 0.496 e. The second-order valence-electron chi connectivity index (χ2n) is 4.65. The van der Waals surface area contributed by atoms with Crippen molar-refractivity contribution in [2.75, 3.05) is 14.2 Å². The van der Waals surface area contributed by atoms with Crippen molar-refractivity contribution in [3.63, 3.8) is 0 Å². The lowest BCUT2D eigenvalue weighted by Crippen LogP contribution is -2.40. The molecule has 21 heavy (non-hydrogen) atoms. The number of hydrogen-bond acceptors (Lipinski definition) is 3. The van der Waals surface area contributed by atoms with Crippen LogP contribution in [0.15, 0.2) is 18.2 Å². The molecule has 0 aliphatic carbocycles. The van der Waals surface area contributed by atoms with Crippen LogP contribution in [-0.2, 0) is 4.79 Å². The van der Waals surface area contributed by atoms with Gasteiger partial charge in [-0.05, 0) is 25.1 Å². The topological polar surface area (TPSA) is 82.6 Å². The third-order valence-corrected chi connectivity index (χ3v) is 3.41. The number of fused-ring (bicyclic) bond motifs is 1. The molecular weight excluding hydrogens is 279 g/mol. The van der Waals surface area contributed by atoms with Gasteiger partial charge in [0.05, 0.1) is 12.6 Å². The van der Waals surface area contributed by atoms with Crippen molar-refractivity contribution in [3.05, 3.63) is 29.7 Å². The highest BCUT2D eigenvalue weighted by molar-refractivity contribution is 6.01. The minimum Gasteiger partial charge on any atom is -0.496 e. The van der Waals surface area contributed by atoms with Gasteiger partial charge >= 0.3 is 5.97 Å².